The summed E-state index contributed by atoms with van der Waals surface area (Å²) in [4.78, 5) is 33.8. The van der Waals surface area contributed by atoms with Crippen LogP contribution in [0, 0.1) is 12.8 Å². The van der Waals surface area contributed by atoms with Crippen molar-refractivity contribution in [2.24, 2.45) is 5.92 Å². The molecule has 7 heteroatoms. The van der Waals surface area contributed by atoms with Gasteiger partial charge in [0.15, 0.2) is 0 Å². The van der Waals surface area contributed by atoms with Crippen LogP contribution in [0.2, 0.25) is 0 Å². The summed E-state index contributed by atoms with van der Waals surface area (Å²) >= 11 is 0. The molecule has 1 amide bonds. The van der Waals surface area contributed by atoms with Gasteiger partial charge >= 0.3 is 0 Å². The molecule has 1 saturated heterocycles. The van der Waals surface area contributed by atoms with Gasteiger partial charge in [0.05, 0.1) is 6.61 Å². The fraction of sp³-hybridized carbons (Fsp3) is 0.526. The molecule has 2 aromatic heterocycles. The number of ether oxygens (including phenoxy) is 1. The number of hydrogen-bond acceptors (Lipinski definition) is 5. The molecule has 140 valence electrons. The summed E-state index contributed by atoms with van der Waals surface area (Å²) in [5.74, 6) is 0.147. The second kappa shape index (κ2) is 7.97. The van der Waals surface area contributed by atoms with Gasteiger partial charge in [-0.3, -0.25) is 14.0 Å². The number of pyridine rings is 1. The third-order valence-electron chi connectivity index (χ3n) is 5.01. The lowest BCUT2D eigenvalue weighted by molar-refractivity contribution is 0.0769. The molecule has 1 unspecified atom stereocenters. The first kappa shape index (κ1) is 18.5. The highest BCUT2D eigenvalue weighted by molar-refractivity contribution is 5.93. The third-order valence-corrected chi connectivity index (χ3v) is 5.01. The molecule has 0 aromatic carbocycles. The van der Waals surface area contributed by atoms with Gasteiger partial charge in [-0.25, -0.2) is 4.98 Å². The number of aromatic nitrogens is 2. The lowest BCUT2D eigenvalue weighted by Gasteiger charge is -2.21. The minimum Gasteiger partial charge on any atom is -0.383 e. The molecule has 1 atom stereocenters. The number of amides is 1. The molecule has 7 nitrogen and oxygen atoms in total. The number of likely N-dealkylation sites (tertiary alicyclic amines) is 1. The maximum Gasteiger partial charge on any atom is 0.270 e. The summed E-state index contributed by atoms with van der Waals surface area (Å²) < 4.78 is 6.61. The Labute approximate surface area is 153 Å². The van der Waals surface area contributed by atoms with Crippen molar-refractivity contribution >= 4 is 11.6 Å². The summed E-state index contributed by atoms with van der Waals surface area (Å²) in [7, 11) is 3.46. The Kier molecular flexibility index (Phi) is 5.68. The highest BCUT2D eigenvalue weighted by atomic mass is 16.5. The minimum absolute atomic E-state index is 0.119. The zero-order valence-corrected chi connectivity index (χ0v) is 15.6. The molecule has 3 heterocycles. The Balaban J connectivity index is 1.71. The van der Waals surface area contributed by atoms with Crippen molar-refractivity contribution in [3.63, 3.8) is 0 Å². The first-order valence-electron chi connectivity index (χ1n) is 8.95. The molecular weight excluding hydrogens is 332 g/mol. The van der Waals surface area contributed by atoms with E-state index < -0.39 is 0 Å². The van der Waals surface area contributed by atoms with E-state index in [-0.39, 0.29) is 17.0 Å². The van der Waals surface area contributed by atoms with Crippen LogP contribution in [-0.2, 0) is 4.74 Å². The molecule has 1 aliphatic rings. The average Bonchev–Trinajstić information content (AvgIpc) is 3.07. The van der Waals surface area contributed by atoms with E-state index in [9.17, 15) is 9.59 Å². The molecule has 1 fully saturated rings. The molecule has 0 N–H and O–H groups in total. The van der Waals surface area contributed by atoms with E-state index in [1.165, 1.54) is 10.6 Å². The predicted octanol–water partition coefficient (Wildman–Crippen LogP) is 1.04. The maximum absolute atomic E-state index is 12.8. The van der Waals surface area contributed by atoms with Crippen LogP contribution >= 0.6 is 0 Å². The number of carbonyl (C=O) groups is 1. The Bertz CT molecular complexity index is 848. The van der Waals surface area contributed by atoms with Crippen molar-refractivity contribution in [3.8, 4) is 0 Å². The number of carbonyl (C=O) groups excluding carboxylic acids is 1. The number of fused-ring (bicyclic) bond motifs is 1. The summed E-state index contributed by atoms with van der Waals surface area (Å²) in [6.45, 7) is 6.09. The van der Waals surface area contributed by atoms with Crippen molar-refractivity contribution in [1.82, 2.24) is 19.2 Å². The van der Waals surface area contributed by atoms with Crippen molar-refractivity contribution in [2.75, 3.05) is 46.9 Å². The predicted molar refractivity (Wildman–Crippen MR) is 99.6 cm³/mol. The zero-order chi connectivity index (χ0) is 18.7. The number of hydrogen-bond donors (Lipinski definition) is 0. The van der Waals surface area contributed by atoms with Gasteiger partial charge < -0.3 is 14.5 Å². The van der Waals surface area contributed by atoms with E-state index in [1.807, 2.05) is 19.1 Å². The van der Waals surface area contributed by atoms with E-state index in [4.69, 9.17) is 4.74 Å². The van der Waals surface area contributed by atoms with Crippen LogP contribution in [0.25, 0.3) is 5.65 Å². The lowest BCUT2D eigenvalue weighted by Crippen LogP contribution is -2.37. The SMILES string of the molecule is COCCN1CCC(CN(C)C(=O)c2cnc3cccc(C)n3c2=O)C1. The van der Waals surface area contributed by atoms with Gasteiger partial charge in [0.1, 0.15) is 11.2 Å². The van der Waals surface area contributed by atoms with Gasteiger partial charge in [0.2, 0.25) is 0 Å². The van der Waals surface area contributed by atoms with E-state index in [0.29, 0.717) is 18.1 Å². The summed E-state index contributed by atoms with van der Waals surface area (Å²) in [6.07, 6.45) is 2.45. The van der Waals surface area contributed by atoms with E-state index in [1.54, 1.807) is 25.1 Å². The van der Waals surface area contributed by atoms with Gasteiger partial charge in [-0.1, -0.05) is 6.07 Å². The van der Waals surface area contributed by atoms with Gasteiger partial charge in [-0.15, -0.1) is 0 Å². The second-order valence-corrected chi connectivity index (χ2v) is 6.97. The van der Waals surface area contributed by atoms with Crippen LogP contribution in [0.3, 0.4) is 0 Å². The molecular formula is C19H26N4O3. The van der Waals surface area contributed by atoms with E-state index in [2.05, 4.69) is 9.88 Å². The molecule has 2 aromatic rings. The van der Waals surface area contributed by atoms with Crippen LogP contribution in [-0.4, -0.2) is 72.0 Å². The fourth-order valence-corrected chi connectivity index (χ4v) is 3.58. The number of rotatable bonds is 6. The fourth-order valence-electron chi connectivity index (χ4n) is 3.58. The Morgan fingerprint density at radius 3 is 3.00 bits per heavy atom. The molecule has 0 bridgehead atoms. The Hall–Kier alpha value is -2.25. The minimum atomic E-state index is -0.307. The number of aryl methyl sites for hydroxylation is 1. The van der Waals surface area contributed by atoms with Crippen LogP contribution in [0.15, 0.2) is 29.2 Å². The van der Waals surface area contributed by atoms with Gasteiger partial charge in [-0.05, 0) is 37.9 Å². The van der Waals surface area contributed by atoms with Gasteiger partial charge in [-0.2, -0.15) is 0 Å². The van der Waals surface area contributed by atoms with Crippen LogP contribution in [0.1, 0.15) is 22.5 Å². The average molecular weight is 358 g/mol. The van der Waals surface area contributed by atoms with E-state index >= 15 is 0 Å². The Morgan fingerprint density at radius 2 is 2.23 bits per heavy atom. The largest absolute Gasteiger partial charge is 0.383 e. The molecule has 0 aliphatic carbocycles. The van der Waals surface area contributed by atoms with Crippen molar-refractivity contribution < 1.29 is 9.53 Å². The lowest BCUT2D eigenvalue weighted by atomic mass is 10.1. The molecule has 1 aliphatic heterocycles. The van der Waals surface area contributed by atoms with Crippen LogP contribution < -0.4 is 5.56 Å². The number of nitrogens with zero attached hydrogens (tertiary/aromatic N) is 4. The maximum atomic E-state index is 12.8. The highest BCUT2D eigenvalue weighted by Crippen LogP contribution is 2.17. The van der Waals surface area contributed by atoms with Crippen LogP contribution in [0.5, 0.6) is 0 Å². The van der Waals surface area contributed by atoms with Crippen molar-refractivity contribution in [1.29, 1.82) is 0 Å². The summed E-state index contributed by atoms with van der Waals surface area (Å²) in [6, 6.07) is 5.45. The smallest absolute Gasteiger partial charge is 0.270 e. The standard InChI is InChI=1S/C19H26N4O3/c1-14-5-4-6-17-20-11-16(19(25)23(14)17)18(24)21(2)12-15-7-8-22(13-15)9-10-26-3/h4-6,11,15H,7-10,12-13H2,1-3H3. The topological polar surface area (TPSA) is 67.2 Å². The van der Waals surface area contributed by atoms with E-state index in [0.717, 1.165) is 38.4 Å². The molecule has 3 rings (SSSR count). The van der Waals surface area contributed by atoms with Crippen LogP contribution in [0.4, 0.5) is 0 Å². The monoisotopic (exact) mass is 358 g/mol. The number of methoxy groups -OCH3 is 1. The highest BCUT2D eigenvalue weighted by Gasteiger charge is 2.26. The zero-order valence-electron chi connectivity index (χ0n) is 15.6. The van der Waals surface area contributed by atoms with Crippen molar-refractivity contribution in [3.05, 3.63) is 46.0 Å². The van der Waals surface area contributed by atoms with Gasteiger partial charge in [0, 0.05) is 45.7 Å². The molecule has 0 saturated carbocycles. The molecule has 0 spiro atoms. The third kappa shape index (κ3) is 3.78. The summed E-state index contributed by atoms with van der Waals surface area (Å²) in [5, 5.41) is 0. The van der Waals surface area contributed by atoms with Gasteiger partial charge in [0.25, 0.3) is 11.5 Å². The molecule has 26 heavy (non-hydrogen) atoms. The quantitative estimate of drug-likeness (QED) is 0.772. The normalized spacial score (nSPS) is 17.7. The summed E-state index contributed by atoms with van der Waals surface area (Å²) in [5.41, 5.74) is 1.13. The van der Waals surface area contributed by atoms with Crippen molar-refractivity contribution in [2.45, 2.75) is 13.3 Å². The molecule has 0 radical (unpaired) electrons. The Morgan fingerprint density at radius 1 is 1.42 bits per heavy atom. The first-order valence-corrected chi connectivity index (χ1v) is 8.95. The first-order chi connectivity index (χ1) is 12.5. The second-order valence-electron chi connectivity index (χ2n) is 6.97.